The summed E-state index contributed by atoms with van der Waals surface area (Å²) in [6, 6.07) is 14.7. The number of amides is 1. The maximum absolute atomic E-state index is 13.0. The summed E-state index contributed by atoms with van der Waals surface area (Å²) in [6.07, 6.45) is 3.53. The zero-order chi connectivity index (χ0) is 16.1. The second-order valence-electron chi connectivity index (χ2n) is 4.79. The molecule has 0 saturated carbocycles. The average Bonchev–Trinajstić information content (AvgIpc) is 3.08. The number of ether oxygens (including phenoxy) is 1. The normalized spacial score (nSPS) is 10.3. The number of hydrogen-bond acceptors (Lipinski definition) is 3. The Morgan fingerprint density at radius 2 is 2.00 bits per heavy atom. The second kappa shape index (κ2) is 6.74. The molecule has 6 heteroatoms. The van der Waals surface area contributed by atoms with Gasteiger partial charge in [-0.3, -0.25) is 4.79 Å². The van der Waals surface area contributed by atoms with Gasteiger partial charge in [-0.15, -0.1) is 0 Å². The first-order valence-electron chi connectivity index (χ1n) is 6.99. The number of benzene rings is 2. The van der Waals surface area contributed by atoms with Gasteiger partial charge in [0.15, 0.2) is 6.61 Å². The molecule has 0 bridgehead atoms. The second-order valence-corrected chi connectivity index (χ2v) is 4.79. The molecule has 1 N–H and O–H groups in total. The maximum Gasteiger partial charge on any atom is 0.262 e. The van der Waals surface area contributed by atoms with Crippen LogP contribution in [0.4, 0.5) is 10.1 Å². The van der Waals surface area contributed by atoms with Gasteiger partial charge < -0.3 is 10.1 Å². The highest BCUT2D eigenvalue weighted by Gasteiger charge is 2.05. The van der Waals surface area contributed by atoms with E-state index in [0.717, 1.165) is 5.69 Å². The number of halogens is 1. The summed E-state index contributed by atoms with van der Waals surface area (Å²) < 4.78 is 20.0. The van der Waals surface area contributed by atoms with Crippen LogP contribution in [0.15, 0.2) is 67.0 Å². The van der Waals surface area contributed by atoms with Crippen LogP contribution in [0, 0.1) is 5.82 Å². The molecule has 1 amide bonds. The number of hydrogen-bond donors (Lipinski definition) is 1. The van der Waals surface area contributed by atoms with Gasteiger partial charge in [-0.1, -0.05) is 6.07 Å². The Morgan fingerprint density at radius 3 is 2.70 bits per heavy atom. The number of anilines is 1. The van der Waals surface area contributed by atoms with E-state index in [-0.39, 0.29) is 12.5 Å². The molecule has 116 valence electrons. The van der Waals surface area contributed by atoms with E-state index in [2.05, 4.69) is 10.4 Å². The molecule has 1 heterocycles. The highest BCUT2D eigenvalue weighted by molar-refractivity contribution is 5.91. The van der Waals surface area contributed by atoms with Crippen molar-refractivity contribution < 1.29 is 13.9 Å². The van der Waals surface area contributed by atoms with Crippen molar-refractivity contribution in [3.05, 3.63) is 72.8 Å². The Hall–Kier alpha value is -3.15. The van der Waals surface area contributed by atoms with Gasteiger partial charge >= 0.3 is 0 Å². The molecule has 0 unspecified atom stereocenters. The van der Waals surface area contributed by atoms with Crippen molar-refractivity contribution in [2.24, 2.45) is 0 Å². The molecule has 5 nitrogen and oxygen atoms in total. The number of nitrogens with zero attached hydrogens (tertiary/aromatic N) is 2. The molecule has 23 heavy (non-hydrogen) atoms. The van der Waals surface area contributed by atoms with Crippen LogP contribution in [0.5, 0.6) is 5.75 Å². The number of rotatable bonds is 5. The van der Waals surface area contributed by atoms with Gasteiger partial charge in [0, 0.05) is 24.1 Å². The summed E-state index contributed by atoms with van der Waals surface area (Å²) >= 11 is 0. The zero-order valence-electron chi connectivity index (χ0n) is 12.1. The molecule has 0 fully saturated rings. The lowest BCUT2D eigenvalue weighted by Gasteiger charge is -2.08. The minimum Gasteiger partial charge on any atom is -0.484 e. The van der Waals surface area contributed by atoms with E-state index in [1.807, 2.05) is 24.4 Å². The topological polar surface area (TPSA) is 56.1 Å². The van der Waals surface area contributed by atoms with Crippen molar-refractivity contribution in [2.45, 2.75) is 0 Å². The van der Waals surface area contributed by atoms with Crippen molar-refractivity contribution in [3.63, 3.8) is 0 Å². The first-order chi connectivity index (χ1) is 11.2. The van der Waals surface area contributed by atoms with Gasteiger partial charge in [0.25, 0.3) is 5.91 Å². The quantitative estimate of drug-likeness (QED) is 0.788. The highest BCUT2D eigenvalue weighted by Crippen LogP contribution is 2.14. The Morgan fingerprint density at radius 1 is 1.17 bits per heavy atom. The van der Waals surface area contributed by atoms with Crippen LogP contribution < -0.4 is 10.1 Å². The number of carbonyl (C=O) groups is 1. The lowest BCUT2D eigenvalue weighted by atomic mass is 10.3. The van der Waals surface area contributed by atoms with Gasteiger partial charge in [0.05, 0.1) is 5.69 Å². The predicted octanol–water partition coefficient (Wildman–Crippen LogP) is 3.03. The van der Waals surface area contributed by atoms with Crippen molar-refractivity contribution in [2.75, 3.05) is 11.9 Å². The fraction of sp³-hybridized carbons (Fsp3) is 0.0588. The monoisotopic (exact) mass is 311 g/mol. The zero-order valence-corrected chi connectivity index (χ0v) is 12.1. The van der Waals surface area contributed by atoms with Crippen LogP contribution >= 0.6 is 0 Å². The van der Waals surface area contributed by atoms with Crippen LogP contribution in [-0.4, -0.2) is 22.3 Å². The molecule has 3 rings (SSSR count). The Labute approximate surface area is 132 Å². The number of carbonyl (C=O) groups excluding carboxylic acids is 1. The SMILES string of the molecule is O=C(COc1cccc(F)c1)Nc1ccc(-n2cccn2)cc1. The number of nitrogens with one attached hydrogen (secondary N) is 1. The largest absolute Gasteiger partial charge is 0.484 e. The van der Waals surface area contributed by atoms with E-state index in [1.165, 1.54) is 18.2 Å². The molecular formula is C17H14FN3O2. The fourth-order valence-electron chi connectivity index (χ4n) is 2.02. The Bertz CT molecular complexity index is 786. The Kier molecular flexibility index (Phi) is 4.33. The van der Waals surface area contributed by atoms with Gasteiger partial charge in [0.1, 0.15) is 11.6 Å². The average molecular weight is 311 g/mol. The van der Waals surface area contributed by atoms with Crippen molar-refractivity contribution in [1.29, 1.82) is 0 Å². The summed E-state index contributed by atoms with van der Waals surface area (Å²) in [5.74, 6) is -0.410. The van der Waals surface area contributed by atoms with E-state index in [4.69, 9.17) is 4.74 Å². The van der Waals surface area contributed by atoms with E-state index >= 15 is 0 Å². The molecule has 2 aromatic carbocycles. The molecule has 0 spiro atoms. The molecule has 0 saturated heterocycles. The molecule has 0 aliphatic heterocycles. The molecule has 0 aliphatic carbocycles. The van der Waals surface area contributed by atoms with E-state index < -0.39 is 5.82 Å². The third-order valence-corrected chi connectivity index (χ3v) is 3.09. The van der Waals surface area contributed by atoms with Crippen LogP contribution in [0.1, 0.15) is 0 Å². The summed E-state index contributed by atoms with van der Waals surface area (Å²) in [5.41, 5.74) is 1.54. The molecular weight excluding hydrogens is 297 g/mol. The van der Waals surface area contributed by atoms with Crippen molar-refractivity contribution in [1.82, 2.24) is 9.78 Å². The Balaban J connectivity index is 1.55. The standard InChI is InChI=1S/C17H14FN3O2/c18-13-3-1-4-16(11-13)23-12-17(22)20-14-5-7-15(8-6-14)21-10-2-9-19-21/h1-11H,12H2,(H,20,22). The summed E-state index contributed by atoms with van der Waals surface area (Å²) in [6.45, 7) is -0.190. The molecule has 1 aromatic heterocycles. The van der Waals surface area contributed by atoms with Crippen LogP contribution in [0.3, 0.4) is 0 Å². The summed E-state index contributed by atoms with van der Waals surface area (Å²) in [5, 5.41) is 6.84. The first kappa shape index (κ1) is 14.8. The first-order valence-corrected chi connectivity index (χ1v) is 6.99. The summed E-state index contributed by atoms with van der Waals surface area (Å²) in [7, 11) is 0. The molecule has 0 atom stereocenters. The number of aromatic nitrogens is 2. The minimum atomic E-state index is -0.405. The predicted molar refractivity (Wildman–Crippen MR) is 84.1 cm³/mol. The van der Waals surface area contributed by atoms with Crippen LogP contribution in [0.25, 0.3) is 5.69 Å². The third-order valence-electron chi connectivity index (χ3n) is 3.09. The smallest absolute Gasteiger partial charge is 0.262 e. The van der Waals surface area contributed by atoms with Crippen LogP contribution in [0.2, 0.25) is 0 Å². The highest BCUT2D eigenvalue weighted by atomic mass is 19.1. The fourth-order valence-corrected chi connectivity index (χ4v) is 2.02. The van der Waals surface area contributed by atoms with E-state index in [0.29, 0.717) is 11.4 Å². The van der Waals surface area contributed by atoms with Gasteiger partial charge in [-0.2, -0.15) is 5.10 Å². The third kappa shape index (κ3) is 3.94. The van der Waals surface area contributed by atoms with Gasteiger partial charge in [-0.05, 0) is 42.5 Å². The summed E-state index contributed by atoms with van der Waals surface area (Å²) in [4.78, 5) is 11.8. The van der Waals surface area contributed by atoms with Crippen LogP contribution in [-0.2, 0) is 4.79 Å². The minimum absolute atomic E-state index is 0.190. The van der Waals surface area contributed by atoms with Gasteiger partial charge in [0.2, 0.25) is 0 Å². The van der Waals surface area contributed by atoms with Crippen molar-refractivity contribution >= 4 is 11.6 Å². The molecule has 3 aromatic rings. The lowest BCUT2D eigenvalue weighted by Crippen LogP contribution is -2.20. The van der Waals surface area contributed by atoms with Crippen molar-refractivity contribution in [3.8, 4) is 11.4 Å². The van der Waals surface area contributed by atoms with Gasteiger partial charge in [-0.25, -0.2) is 9.07 Å². The molecule has 0 aliphatic rings. The van der Waals surface area contributed by atoms with E-state index in [9.17, 15) is 9.18 Å². The maximum atomic E-state index is 13.0. The van der Waals surface area contributed by atoms with E-state index in [1.54, 1.807) is 29.1 Å². The lowest BCUT2D eigenvalue weighted by molar-refractivity contribution is -0.118. The molecule has 0 radical (unpaired) electrons.